The largest absolute Gasteiger partial charge is 0.508 e. The summed E-state index contributed by atoms with van der Waals surface area (Å²) in [6, 6.07) is 21.7. The third-order valence-corrected chi connectivity index (χ3v) is 6.23. The SMILES string of the molecule is Oc1ccc(-c2onc(-c3ccc(OCCN4CCCCC4)cc3)c2-c2ccc(O)cc2)cc1. The molecule has 0 amide bonds. The van der Waals surface area contributed by atoms with Crippen molar-refractivity contribution in [3.63, 3.8) is 0 Å². The van der Waals surface area contributed by atoms with Gasteiger partial charge in [0.15, 0.2) is 5.76 Å². The van der Waals surface area contributed by atoms with Gasteiger partial charge in [-0.2, -0.15) is 0 Å². The molecule has 2 heterocycles. The van der Waals surface area contributed by atoms with Gasteiger partial charge < -0.3 is 19.5 Å². The number of hydrogen-bond donors (Lipinski definition) is 2. The molecule has 0 saturated carbocycles. The molecular weight excluding hydrogens is 428 g/mol. The molecule has 4 aromatic rings. The fourth-order valence-corrected chi connectivity index (χ4v) is 4.38. The van der Waals surface area contributed by atoms with Crippen molar-refractivity contribution >= 4 is 0 Å². The van der Waals surface area contributed by atoms with Crippen LogP contribution in [0.1, 0.15) is 19.3 Å². The van der Waals surface area contributed by atoms with E-state index in [0.29, 0.717) is 18.1 Å². The summed E-state index contributed by atoms with van der Waals surface area (Å²) in [6.45, 7) is 3.95. The lowest BCUT2D eigenvalue weighted by Crippen LogP contribution is -2.33. The van der Waals surface area contributed by atoms with Gasteiger partial charge in [-0.05, 0) is 92.2 Å². The molecule has 0 spiro atoms. The highest BCUT2D eigenvalue weighted by molar-refractivity contribution is 5.90. The predicted octanol–water partition coefficient (Wildman–Crippen LogP) is 5.95. The molecule has 3 aromatic carbocycles. The highest BCUT2D eigenvalue weighted by Gasteiger charge is 2.21. The second-order valence-corrected chi connectivity index (χ2v) is 8.60. The average molecular weight is 457 g/mol. The lowest BCUT2D eigenvalue weighted by atomic mass is 9.96. The summed E-state index contributed by atoms with van der Waals surface area (Å²) in [5.41, 5.74) is 4.11. The summed E-state index contributed by atoms with van der Waals surface area (Å²) < 4.78 is 11.8. The number of benzene rings is 3. The minimum absolute atomic E-state index is 0.186. The van der Waals surface area contributed by atoms with Gasteiger partial charge in [0.05, 0.1) is 5.56 Å². The van der Waals surface area contributed by atoms with Gasteiger partial charge in [0.1, 0.15) is 29.5 Å². The third kappa shape index (κ3) is 4.92. The van der Waals surface area contributed by atoms with E-state index in [4.69, 9.17) is 9.26 Å². The Morgan fingerprint density at radius 3 is 1.97 bits per heavy atom. The van der Waals surface area contributed by atoms with Crippen molar-refractivity contribution in [2.75, 3.05) is 26.2 Å². The van der Waals surface area contributed by atoms with Crippen LogP contribution in [0.2, 0.25) is 0 Å². The maximum absolute atomic E-state index is 9.76. The van der Waals surface area contributed by atoms with Crippen LogP contribution in [0.3, 0.4) is 0 Å². The number of aromatic nitrogens is 1. The van der Waals surface area contributed by atoms with Gasteiger partial charge in [-0.15, -0.1) is 0 Å². The van der Waals surface area contributed by atoms with Crippen molar-refractivity contribution in [3.8, 4) is 51.0 Å². The average Bonchev–Trinajstić information content (AvgIpc) is 3.31. The highest BCUT2D eigenvalue weighted by atomic mass is 16.5. The molecule has 0 atom stereocenters. The van der Waals surface area contributed by atoms with Crippen LogP contribution in [0.4, 0.5) is 0 Å². The Morgan fingerprint density at radius 1 is 0.735 bits per heavy atom. The molecule has 5 rings (SSSR count). The molecular formula is C28H28N2O4. The molecule has 0 bridgehead atoms. The summed E-state index contributed by atoms with van der Waals surface area (Å²) in [6.07, 6.45) is 3.89. The molecule has 0 unspecified atom stereocenters. The summed E-state index contributed by atoms with van der Waals surface area (Å²) in [7, 11) is 0. The van der Waals surface area contributed by atoms with Gasteiger partial charge in [0.25, 0.3) is 0 Å². The van der Waals surface area contributed by atoms with E-state index in [-0.39, 0.29) is 11.5 Å². The predicted molar refractivity (Wildman–Crippen MR) is 132 cm³/mol. The van der Waals surface area contributed by atoms with Crippen LogP contribution in [0.25, 0.3) is 33.7 Å². The monoisotopic (exact) mass is 456 g/mol. The van der Waals surface area contributed by atoms with E-state index in [9.17, 15) is 10.2 Å². The molecule has 1 aliphatic heterocycles. The molecule has 6 nitrogen and oxygen atoms in total. The second kappa shape index (κ2) is 10.0. The number of hydrogen-bond acceptors (Lipinski definition) is 6. The van der Waals surface area contributed by atoms with E-state index in [1.807, 2.05) is 36.4 Å². The Labute approximate surface area is 199 Å². The summed E-state index contributed by atoms with van der Waals surface area (Å²) in [5, 5.41) is 23.8. The van der Waals surface area contributed by atoms with Crippen molar-refractivity contribution in [1.82, 2.24) is 10.1 Å². The summed E-state index contributed by atoms with van der Waals surface area (Å²) in [5.74, 6) is 1.81. The van der Waals surface area contributed by atoms with Gasteiger partial charge in [-0.3, -0.25) is 4.90 Å². The normalized spacial score (nSPS) is 14.2. The number of phenolic OH excluding ortho intramolecular Hbond substituents is 2. The first-order valence-electron chi connectivity index (χ1n) is 11.7. The Bertz CT molecular complexity index is 1210. The highest BCUT2D eigenvalue weighted by Crippen LogP contribution is 2.41. The van der Waals surface area contributed by atoms with Gasteiger partial charge >= 0.3 is 0 Å². The van der Waals surface area contributed by atoms with Gasteiger partial charge in [-0.1, -0.05) is 23.7 Å². The van der Waals surface area contributed by atoms with E-state index < -0.39 is 0 Å². The molecule has 1 fully saturated rings. The quantitative estimate of drug-likeness (QED) is 0.358. The smallest absolute Gasteiger partial charge is 0.175 e. The minimum Gasteiger partial charge on any atom is -0.508 e. The Kier molecular flexibility index (Phi) is 6.49. The lowest BCUT2D eigenvalue weighted by molar-refractivity contribution is 0.183. The second-order valence-electron chi connectivity index (χ2n) is 8.60. The van der Waals surface area contributed by atoms with Crippen LogP contribution in [-0.2, 0) is 0 Å². The van der Waals surface area contributed by atoms with Crippen LogP contribution in [0.5, 0.6) is 17.2 Å². The Morgan fingerprint density at radius 2 is 1.32 bits per heavy atom. The fraction of sp³-hybridized carbons (Fsp3) is 0.250. The maximum atomic E-state index is 9.76. The number of likely N-dealkylation sites (tertiary alicyclic amines) is 1. The minimum atomic E-state index is 0.186. The first-order valence-corrected chi connectivity index (χ1v) is 11.7. The molecule has 1 aromatic heterocycles. The van der Waals surface area contributed by atoms with Gasteiger partial charge in [0, 0.05) is 17.7 Å². The Balaban J connectivity index is 1.40. The molecule has 6 heteroatoms. The summed E-state index contributed by atoms with van der Waals surface area (Å²) in [4.78, 5) is 2.46. The van der Waals surface area contributed by atoms with E-state index >= 15 is 0 Å². The maximum Gasteiger partial charge on any atom is 0.175 e. The fourth-order valence-electron chi connectivity index (χ4n) is 4.38. The van der Waals surface area contributed by atoms with E-state index in [0.717, 1.165) is 47.6 Å². The van der Waals surface area contributed by atoms with Crippen LogP contribution in [0.15, 0.2) is 77.3 Å². The first kappa shape index (κ1) is 22.0. The lowest BCUT2D eigenvalue weighted by Gasteiger charge is -2.26. The van der Waals surface area contributed by atoms with Crippen LogP contribution in [0, 0.1) is 0 Å². The van der Waals surface area contributed by atoms with Gasteiger partial charge in [-0.25, -0.2) is 0 Å². The van der Waals surface area contributed by atoms with Crippen molar-refractivity contribution in [3.05, 3.63) is 72.8 Å². The number of nitrogens with zero attached hydrogens (tertiary/aromatic N) is 2. The topological polar surface area (TPSA) is 79.0 Å². The number of piperidine rings is 1. The van der Waals surface area contributed by atoms with E-state index in [1.54, 1.807) is 36.4 Å². The third-order valence-electron chi connectivity index (χ3n) is 6.23. The molecule has 1 aliphatic rings. The van der Waals surface area contributed by atoms with Crippen LogP contribution < -0.4 is 4.74 Å². The van der Waals surface area contributed by atoms with Crippen molar-refractivity contribution < 1.29 is 19.5 Å². The van der Waals surface area contributed by atoms with Crippen molar-refractivity contribution in [1.29, 1.82) is 0 Å². The number of phenols is 2. The summed E-state index contributed by atoms with van der Waals surface area (Å²) >= 11 is 0. The zero-order valence-electron chi connectivity index (χ0n) is 19.0. The van der Waals surface area contributed by atoms with Crippen molar-refractivity contribution in [2.24, 2.45) is 0 Å². The molecule has 1 saturated heterocycles. The molecule has 174 valence electrons. The Hall–Kier alpha value is -3.77. The first-order chi connectivity index (χ1) is 16.7. The molecule has 0 aliphatic carbocycles. The number of rotatable bonds is 7. The van der Waals surface area contributed by atoms with E-state index in [1.165, 1.54) is 19.3 Å². The van der Waals surface area contributed by atoms with E-state index in [2.05, 4.69) is 10.1 Å². The van der Waals surface area contributed by atoms with Crippen molar-refractivity contribution in [2.45, 2.75) is 19.3 Å². The molecule has 2 N–H and O–H groups in total. The molecule has 0 radical (unpaired) electrons. The standard InChI is InChI=1S/C28H28N2O4/c31-23-10-4-20(5-11-23)26-27(29-34-28(26)22-6-12-24(32)13-7-22)21-8-14-25(15-9-21)33-19-18-30-16-2-1-3-17-30/h4-15,31-32H,1-3,16-19H2. The van der Waals surface area contributed by atoms with Crippen LogP contribution in [-0.4, -0.2) is 46.5 Å². The molecule has 34 heavy (non-hydrogen) atoms. The number of aromatic hydroxyl groups is 2. The zero-order valence-corrected chi connectivity index (χ0v) is 19.0. The van der Waals surface area contributed by atoms with Gasteiger partial charge in [0.2, 0.25) is 0 Å². The van der Waals surface area contributed by atoms with Crippen LogP contribution >= 0.6 is 0 Å². The number of ether oxygens (including phenoxy) is 1. The zero-order chi connectivity index (χ0) is 23.3.